The van der Waals surface area contributed by atoms with Crippen molar-refractivity contribution in [2.24, 2.45) is 34.5 Å². The van der Waals surface area contributed by atoms with E-state index >= 15 is 0 Å². The molecular formula is C32H53N2O4+. The van der Waals surface area contributed by atoms with Gasteiger partial charge >= 0.3 is 5.97 Å². The number of fused-ring (bicyclic) bond motifs is 5. The quantitative estimate of drug-likeness (QED) is 0.325. The number of esters is 1. The molecule has 0 amide bonds. The Kier molecular flexibility index (Phi) is 7.27. The number of carbonyl (C=O) groups is 1. The maximum atomic E-state index is 12.5. The zero-order chi connectivity index (χ0) is 26.7. The molecule has 0 bridgehead atoms. The van der Waals surface area contributed by atoms with E-state index in [9.17, 15) is 9.90 Å². The lowest BCUT2D eigenvalue weighted by Crippen LogP contribution is -2.61. The fourth-order valence-electron chi connectivity index (χ4n) is 11.3. The predicted molar refractivity (Wildman–Crippen MR) is 148 cm³/mol. The SMILES string of the molecule is C=CC[N+]1([C@H]2CC3[C@H]4CC[C@H]5C[C@H](O)[C@@H](N6CCOCC6)C[C@]5(C)[C@@H]4CC[C@]3(C)[C@H]2OC(C)=O)CCCC1. The van der Waals surface area contributed by atoms with E-state index in [-0.39, 0.29) is 35.0 Å². The van der Waals surface area contributed by atoms with E-state index in [1.165, 1.54) is 51.6 Å². The molecule has 0 aromatic rings. The molecule has 0 spiro atoms. The Balaban J connectivity index is 1.30. The summed E-state index contributed by atoms with van der Waals surface area (Å²) in [7, 11) is 0. The van der Waals surface area contributed by atoms with E-state index in [4.69, 9.17) is 9.47 Å². The van der Waals surface area contributed by atoms with Gasteiger partial charge < -0.3 is 19.1 Å². The van der Waals surface area contributed by atoms with Gasteiger partial charge in [0.25, 0.3) is 0 Å². The van der Waals surface area contributed by atoms with Crippen LogP contribution in [-0.4, -0.2) is 90.7 Å². The van der Waals surface area contributed by atoms with E-state index in [1.807, 2.05) is 0 Å². The first-order valence-electron chi connectivity index (χ1n) is 15.9. The summed E-state index contributed by atoms with van der Waals surface area (Å²) in [5.41, 5.74) is 0.343. The van der Waals surface area contributed by atoms with E-state index < -0.39 is 0 Å². The monoisotopic (exact) mass is 529 g/mol. The van der Waals surface area contributed by atoms with Crippen LogP contribution in [-0.2, 0) is 14.3 Å². The van der Waals surface area contributed by atoms with Crippen molar-refractivity contribution in [1.82, 2.24) is 4.90 Å². The molecule has 6 aliphatic rings. The molecule has 214 valence electrons. The Labute approximate surface area is 230 Å². The van der Waals surface area contributed by atoms with Crippen molar-refractivity contribution in [2.45, 2.75) is 103 Å². The van der Waals surface area contributed by atoms with Crippen LogP contribution in [0.25, 0.3) is 0 Å². The standard InChI is InChI=1S/C32H53N2O4/c1-5-14-34(15-6-7-16-34)28-20-26-24-9-8-23-19-29(36)27(33-12-17-37-18-13-33)21-32(23,4)25(24)10-11-31(26,3)30(28)38-22(2)35/h5,23-30,36H,1,6-21H2,2-4H3/q+1/t23-,24-,25+,26?,27-,28-,29-,30-,31-,32-/m0/s1. The van der Waals surface area contributed by atoms with Gasteiger partial charge in [0.05, 0.1) is 39.0 Å². The molecule has 4 saturated carbocycles. The molecule has 6 nitrogen and oxygen atoms in total. The molecule has 0 radical (unpaired) electrons. The Hall–Kier alpha value is -0.950. The van der Waals surface area contributed by atoms with Crippen LogP contribution in [0.3, 0.4) is 0 Å². The fourth-order valence-corrected chi connectivity index (χ4v) is 11.3. The van der Waals surface area contributed by atoms with Gasteiger partial charge in [-0.2, -0.15) is 0 Å². The molecule has 4 aliphatic carbocycles. The highest BCUT2D eigenvalue weighted by Gasteiger charge is 2.67. The van der Waals surface area contributed by atoms with Crippen LogP contribution in [0.5, 0.6) is 0 Å². The van der Waals surface area contributed by atoms with Gasteiger partial charge in [-0.3, -0.25) is 9.69 Å². The number of hydrogen-bond donors (Lipinski definition) is 1. The predicted octanol–water partition coefficient (Wildman–Crippen LogP) is 4.41. The van der Waals surface area contributed by atoms with Gasteiger partial charge in [0.1, 0.15) is 6.04 Å². The van der Waals surface area contributed by atoms with Gasteiger partial charge in [0.15, 0.2) is 6.10 Å². The van der Waals surface area contributed by atoms with Gasteiger partial charge in [-0.25, -0.2) is 0 Å². The van der Waals surface area contributed by atoms with Crippen molar-refractivity contribution >= 4 is 5.97 Å². The summed E-state index contributed by atoms with van der Waals surface area (Å²) in [6, 6.07) is 0.663. The molecule has 2 heterocycles. The molecule has 2 saturated heterocycles. The van der Waals surface area contributed by atoms with Gasteiger partial charge in [-0.1, -0.05) is 20.4 Å². The number of ether oxygens (including phenoxy) is 2. The Bertz CT molecular complexity index is 898. The first-order chi connectivity index (χ1) is 18.2. The Morgan fingerprint density at radius 3 is 2.53 bits per heavy atom. The van der Waals surface area contributed by atoms with Crippen molar-refractivity contribution < 1.29 is 23.9 Å². The summed E-state index contributed by atoms with van der Waals surface area (Å²) in [4.78, 5) is 15.0. The molecular weight excluding hydrogens is 476 g/mol. The van der Waals surface area contributed by atoms with Crippen LogP contribution in [0.4, 0.5) is 0 Å². The summed E-state index contributed by atoms with van der Waals surface area (Å²) in [5, 5.41) is 11.3. The summed E-state index contributed by atoms with van der Waals surface area (Å²) in [5.74, 6) is 2.54. The minimum Gasteiger partial charge on any atom is -0.456 e. The van der Waals surface area contributed by atoms with Crippen molar-refractivity contribution in [1.29, 1.82) is 0 Å². The third-order valence-electron chi connectivity index (χ3n) is 13.1. The molecule has 10 atom stereocenters. The third kappa shape index (κ3) is 4.23. The van der Waals surface area contributed by atoms with Gasteiger partial charge in [-0.05, 0) is 73.7 Å². The minimum atomic E-state index is -0.209. The van der Waals surface area contributed by atoms with Crippen LogP contribution >= 0.6 is 0 Å². The first-order valence-corrected chi connectivity index (χ1v) is 15.9. The summed E-state index contributed by atoms with van der Waals surface area (Å²) in [6.45, 7) is 17.7. The molecule has 2 aliphatic heterocycles. The summed E-state index contributed by atoms with van der Waals surface area (Å²) < 4.78 is 13.1. The van der Waals surface area contributed by atoms with Crippen molar-refractivity contribution in [3.8, 4) is 0 Å². The second kappa shape index (κ2) is 10.2. The van der Waals surface area contributed by atoms with Crippen molar-refractivity contribution in [2.75, 3.05) is 45.9 Å². The number of aliphatic hydroxyl groups is 1. The van der Waals surface area contributed by atoms with E-state index in [2.05, 4.69) is 31.4 Å². The zero-order valence-electron chi connectivity index (χ0n) is 24.3. The normalized spacial score (nSPS) is 48.5. The fraction of sp³-hybridized carbons (Fsp3) is 0.906. The van der Waals surface area contributed by atoms with Crippen LogP contribution in [0.2, 0.25) is 0 Å². The molecule has 6 heteroatoms. The summed E-state index contributed by atoms with van der Waals surface area (Å²) in [6.07, 6.45) is 12.7. The molecule has 0 aromatic carbocycles. The van der Waals surface area contributed by atoms with Crippen LogP contribution in [0.1, 0.15) is 78.6 Å². The average molecular weight is 530 g/mol. The highest BCUT2D eigenvalue weighted by atomic mass is 16.5. The van der Waals surface area contributed by atoms with Crippen molar-refractivity contribution in [3.63, 3.8) is 0 Å². The van der Waals surface area contributed by atoms with E-state index in [0.29, 0.717) is 29.7 Å². The van der Waals surface area contributed by atoms with Gasteiger partial charge in [0.2, 0.25) is 0 Å². The van der Waals surface area contributed by atoms with Crippen LogP contribution < -0.4 is 0 Å². The molecule has 0 aromatic heterocycles. The number of nitrogens with zero attached hydrogens (tertiary/aromatic N) is 2. The zero-order valence-corrected chi connectivity index (χ0v) is 24.3. The minimum absolute atomic E-state index is 0.0174. The number of quaternary nitrogens is 1. The van der Waals surface area contributed by atoms with E-state index in [0.717, 1.165) is 56.6 Å². The lowest BCUT2D eigenvalue weighted by molar-refractivity contribution is -0.937. The maximum Gasteiger partial charge on any atom is 0.303 e. The molecule has 1 N–H and O–H groups in total. The third-order valence-corrected chi connectivity index (χ3v) is 13.1. The highest BCUT2D eigenvalue weighted by Crippen LogP contribution is 2.67. The largest absolute Gasteiger partial charge is 0.456 e. The number of hydrogen-bond acceptors (Lipinski definition) is 5. The lowest BCUT2D eigenvalue weighted by Gasteiger charge is -2.62. The number of likely N-dealkylation sites (tertiary alicyclic amines) is 1. The number of rotatable bonds is 5. The van der Waals surface area contributed by atoms with Crippen LogP contribution in [0, 0.1) is 34.5 Å². The topological polar surface area (TPSA) is 59.0 Å². The van der Waals surface area contributed by atoms with Crippen LogP contribution in [0.15, 0.2) is 12.7 Å². The number of morpholine rings is 1. The van der Waals surface area contributed by atoms with Gasteiger partial charge in [-0.15, -0.1) is 0 Å². The number of aliphatic hydroxyl groups excluding tert-OH is 1. The number of carbonyl (C=O) groups excluding carboxylic acids is 1. The second-order valence-electron chi connectivity index (χ2n) is 14.6. The lowest BCUT2D eigenvalue weighted by atomic mass is 9.44. The Morgan fingerprint density at radius 2 is 1.84 bits per heavy atom. The maximum absolute atomic E-state index is 12.5. The molecule has 6 rings (SSSR count). The average Bonchev–Trinajstić information content (AvgIpc) is 3.48. The van der Waals surface area contributed by atoms with E-state index in [1.54, 1.807) is 6.92 Å². The molecule has 1 unspecified atom stereocenters. The first kappa shape index (κ1) is 27.2. The highest BCUT2D eigenvalue weighted by molar-refractivity contribution is 5.66. The smallest absolute Gasteiger partial charge is 0.303 e. The molecule has 6 fully saturated rings. The summed E-state index contributed by atoms with van der Waals surface area (Å²) >= 11 is 0. The van der Waals surface area contributed by atoms with Crippen molar-refractivity contribution in [3.05, 3.63) is 12.7 Å². The Morgan fingerprint density at radius 1 is 1.11 bits per heavy atom. The second-order valence-corrected chi connectivity index (χ2v) is 14.6. The van der Waals surface area contributed by atoms with Gasteiger partial charge in [0, 0.05) is 50.7 Å². The molecule has 38 heavy (non-hydrogen) atoms.